The van der Waals surface area contributed by atoms with Crippen molar-refractivity contribution in [2.75, 3.05) is 5.32 Å². The highest BCUT2D eigenvalue weighted by atomic mass is 79.9. The Balaban J connectivity index is 2.34. The average Bonchev–Trinajstić information content (AvgIpc) is 2.42. The van der Waals surface area contributed by atoms with Gasteiger partial charge in [0.05, 0.1) is 10.6 Å². The number of amides is 1. The second kappa shape index (κ2) is 6.15. The number of nitrogens with one attached hydrogen (secondary N) is 1. The second-order valence-electron chi connectivity index (χ2n) is 4.00. The second-order valence-corrected chi connectivity index (χ2v) is 5.24. The Hall–Kier alpha value is -2.06. The van der Waals surface area contributed by atoms with E-state index in [2.05, 4.69) is 31.2 Å². The largest absolute Gasteiger partial charge is 0.306 e. The summed E-state index contributed by atoms with van der Waals surface area (Å²) in [6.07, 6.45) is 0.942. The lowest BCUT2D eigenvalue weighted by molar-refractivity contribution is -0.385. The monoisotopic (exact) mass is 370 g/mol. The number of aryl methyl sites for hydroxylation is 1. The molecule has 2 rings (SSSR count). The molecule has 0 bridgehead atoms. The summed E-state index contributed by atoms with van der Waals surface area (Å²) in [6, 6.07) is 4.43. The zero-order valence-electron chi connectivity index (χ0n) is 10.6. The van der Waals surface area contributed by atoms with Gasteiger partial charge in [0.15, 0.2) is 0 Å². The molecule has 2 aromatic rings. The van der Waals surface area contributed by atoms with E-state index < -0.39 is 16.5 Å². The smallest absolute Gasteiger partial charge is 0.300 e. The first kappa shape index (κ1) is 15.3. The van der Waals surface area contributed by atoms with Crippen LogP contribution < -0.4 is 5.32 Å². The number of hydrogen-bond acceptors (Lipinski definition) is 5. The molecule has 0 aliphatic heterocycles. The summed E-state index contributed by atoms with van der Waals surface area (Å²) in [6.45, 7) is 1.76. The quantitative estimate of drug-likeness (QED) is 0.507. The van der Waals surface area contributed by atoms with Gasteiger partial charge in [-0.25, -0.2) is 9.97 Å². The standard InChI is InChI=1S/C12H8BrClN4O3/c1-6-8(13)2-3-11(16-6)17-12(19)7-4-10(14)15-5-9(7)18(20)21/h2-5H,1H3,(H,16,17,19). The number of nitro groups is 1. The first-order valence-electron chi connectivity index (χ1n) is 5.63. The molecule has 0 radical (unpaired) electrons. The van der Waals surface area contributed by atoms with Crippen molar-refractivity contribution in [2.45, 2.75) is 6.92 Å². The van der Waals surface area contributed by atoms with Crippen LogP contribution in [0.5, 0.6) is 0 Å². The first-order chi connectivity index (χ1) is 9.88. The Morgan fingerprint density at radius 2 is 2.19 bits per heavy atom. The molecule has 0 aliphatic rings. The molecule has 1 N–H and O–H groups in total. The summed E-state index contributed by atoms with van der Waals surface area (Å²) in [4.78, 5) is 30.1. The normalized spacial score (nSPS) is 10.2. The van der Waals surface area contributed by atoms with Crippen molar-refractivity contribution in [1.29, 1.82) is 0 Å². The van der Waals surface area contributed by atoms with Gasteiger partial charge in [-0.3, -0.25) is 14.9 Å². The molecule has 0 saturated carbocycles. The van der Waals surface area contributed by atoms with E-state index >= 15 is 0 Å². The minimum atomic E-state index is -0.696. The van der Waals surface area contributed by atoms with Crippen molar-refractivity contribution >= 4 is 44.9 Å². The van der Waals surface area contributed by atoms with Crippen LogP contribution in [0.1, 0.15) is 16.1 Å². The summed E-state index contributed by atoms with van der Waals surface area (Å²) >= 11 is 8.97. The number of halogens is 2. The molecule has 0 aromatic carbocycles. The molecular formula is C12H8BrClN4O3. The number of aromatic nitrogens is 2. The maximum Gasteiger partial charge on any atom is 0.300 e. The molecule has 9 heteroatoms. The Labute approximate surface area is 132 Å². The number of rotatable bonds is 3. The van der Waals surface area contributed by atoms with Crippen LogP contribution in [-0.4, -0.2) is 20.8 Å². The van der Waals surface area contributed by atoms with Gasteiger partial charge in [-0.15, -0.1) is 0 Å². The molecule has 0 atom stereocenters. The lowest BCUT2D eigenvalue weighted by Crippen LogP contribution is -2.15. The van der Waals surface area contributed by atoms with Crippen LogP contribution in [0.2, 0.25) is 5.15 Å². The van der Waals surface area contributed by atoms with Gasteiger partial charge < -0.3 is 5.32 Å². The number of carbonyl (C=O) groups excluding carboxylic acids is 1. The Morgan fingerprint density at radius 1 is 1.48 bits per heavy atom. The van der Waals surface area contributed by atoms with Crippen LogP contribution in [-0.2, 0) is 0 Å². The SMILES string of the molecule is Cc1nc(NC(=O)c2cc(Cl)ncc2[N+](=O)[O-])ccc1Br. The fraction of sp³-hybridized carbons (Fsp3) is 0.0833. The molecule has 0 fully saturated rings. The van der Waals surface area contributed by atoms with Gasteiger partial charge in [0.2, 0.25) is 0 Å². The van der Waals surface area contributed by atoms with E-state index in [1.54, 1.807) is 19.1 Å². The number of hydrogen-bond donors (Lipinski definition) is 1. The van der Waals surface area contributed by atoms with Crippen LogP contribution in [0.3, 0.4) is 0 Å². The zero-order valence-corrected chi connectivity index (χ0v) is 13.0. The van der Waals surface area contributed by atoms with E-state index in [9.17, 15) is 14.9 Å². The van der Waals surface area contributed by atoms with E-state index in [1.165, 1.54) is 0 Å². The highest BCUT2D eigenvalue weighted by molar-refractivity contribution is 9.10. The van der Waals surface area contributed by atoms with Gasteiger partial charge in [-0.1, -0.05) is 11.6 Å². The van der Waals surface area contributed by atoms with Crippen molar-refractivity contribution in [2.24, 2.45) is 0 Å². The maximum absolute atomic E-state index is 12.1. The summed E-state index contributed by atoms with van der Waals surface area (Å²) in [5, 5.41) is 13.4. The molecule has 108 valence electrons. The Kier molecular flexibility index (Phi) is 4.49. The van der Waals surface area contributed by atoms with Crippen LogP contribution in [0.15, 0.2) is 28.9 Å². The van der Waals surface area contributed by atoms with E-state index in [0.717, 1.165) is 16.7 Å². The fourth-order valence-electron chi connectivity index (χ4n) is 1.55. The number of anilines is 1. The number of carbonyl (C=O) groups is 1. The van der Waals surface area contributed by atoms with Crippen molar-refractivity contribution < 1.29 is 9.72 Å². The molecule has 21 heavy (non-hydrogen) atoms. The molecule has 2 aromatic heterocycles. The Bertz CT molecular complexity index is 738. The number of nitrogens with zero attached hydrogens (tertiary/aromatic N) is 3. The van der Waals surface area contributed by atoms with Gasteiger partial charge in [0.1, 0.15) is 22.7 Å². The minimum Gasteiger partial charge on any atom is -0.306 e. The molecule has 0 saturated heterocycles. The number of pyridine rings is 2. The van der Waals surface area contributed by atoms with E-state index in [1.807, 2.05) is 0 Å². The third-order valence-corrected chi connectivity index (χ3v) is 3.60. The lowest BCUT2D eigenvalue weighted by Gasteiger charge is -2.06. The van der Waals surface area contributed by atoms with Gasteiger partial charge in [-0.2, -0.15) is 0 Å². The molecule has 0 aliphatic carbocycles. The van der Waals surface area contributed by atoms with Crippen LogP contribution in [0.25, 0.3) is 0 Å². The summed E-state index contributed by atoms with van der Waals surface area (Å²) in [5.41, 5.74) is 0.0724. The molecule has 7 nitrogen and oxygen atoms in total. The topological polar surface area (TPSA) is 98.0 Å². The molecule has 2 heterocycles. The van der Waals surface area contributed by atoms with E-state index in [0.29, 0.717) is 5.69 Å². The van der Waals surface area contributed by atoms with Gasteiger partial charge >= 0.3 is 0 Å². The summed E-state index contributed by atoms with van der Waals surface area (Å²) < 4.78 is 0.790. The van der Waals surface area contributed by atoms with Crippen molar-refractivity contribution in [3.63, 3.8) is 0 Å². The highest BCUT2D eigenvalue weighted by Crippen LogP contribution is 2.22. The van der Waals surface area contributed by atoms with E-state index in [4.69, 9.17) is 11.6 Å². The highest BCUT2D eigenvalue weighted by Gasteiger charge is 2.21. The molecule has 0 spiro atoms. The average molecular weight is 372 g/mol. The van der Waals surface area contributed by atoms with E-state index in [-0.39, 0.29) is 16.5 Å². The van der Waals surface area contributed by atoms with Gasteiger partial charge in [0.25, 0.3) is 11.6 Å². The van der Waals surface area contributed by atoms with Crippen LogP contribution in [0, 0.1) is 17.0 Å². The van der Waals surface area contributed by atoms with Crippen molar-refractivity contribution in [1.82, 2.24) is 9.97 Å². The summed E-state index contributed by atoms with van der Waals surface area (Å²) in [7, 11) is 0. The fourth-order valence-corrected chi connectivity index (χ4v) is 1.93. The summed E-state index contributed by atoms with van der Waals surface area (Å²) in [5.74, 6) is -0.400. The van der Waals surface area contributed by atoms with Crippen molar-refractivity contribution in [3.8, 4) is 0 Å². The molecule has 1 amide bonds. The third-order valence-electron chi connectivity index (χ3n) is 2.55. The minimum absolute atomic E-state index is 0.00861. The van der Waals surface area contributed by atoms with Crippen molar-refractivity contribution in [3.05, 3.63) is 55.4 Å². The molecule has 0 unspecified atom stereocenters. The predicted molar refractivity (Wildman–Crippen MR) is 80.5 cm³/mol. The van der Waals surface area contributed by atoms with Gasteiger partial charge in [-0.05, 0) is 41.1 Å². The van der Waals surface area contributed by atoms with Crippen LogP contribution >= 0.6 is 27.5 Å². The Morgan fingerprint density at radius 3 is 2.81 bits per heavy atom. The van der Waals surface area contributed by atoms with Crippen LogP contribution in [0.4, 0.5) is 11.5 Å². The first-order valence-corrected chi connectivity index (χ1v) is 6.80. The lowest BCUT2D eigenvalue weighted by atomic mass is 10.2. The van der Waals surface area contributed by atoms with Gasteiger partial charge in [0, 0.05) is 4.47 Å². The third kappa shape index (κ3) is 3.53. The molecular weight excluding hydrogens is 364 g/mol. The maximum atomic E-state index is 12.1. The zero-order chi connectivity index (χ0) is 15.6. The predicted octanol–water partition coefficient (Wildman–Crippen LogP) is 3.36.